The molecule has 0 amide bonds. The van der Waals surface area contributed by atoms with Crippen molar-refractivity contribution in [1.82, 2.24) is 0 Å². The number of halogens is 1. The van der Waals surface area contributed by atoms with Crippen molar-refractivity contribution in [2.24, 2.45) is 0 Å². The van der Waals surface area contributed by atoms with Crippen LogP contribution in [0.3, 0.4) is 0 Å². The molecule has 0 aliphatic rings. The number of carbonyl (C=O) groups is 1. The third-order valence-corrected chi connectivity index (χ3v) is 4.71. The number of nitrogens with one attached hydrogen (secondary N) is 1. The lowest BCUT2D eigenvalue weighted by Crippen LogP contribution is -2.15. The van der Waals surface area contributed by atoms with E-state index in [1.165, 1.54) is 5.56 Å². The number of anilines is 1. The van der Waals surface area contributed by atoms with Gasteiger partial charge in [-0.2, -0.15) is 0 Å². The second-order valence-electron chi connectivity index (χ2n) is 6.29. The Kier molecular flexibility index (Phi) is 6.08. The molecule has 1 atom stereocenters. The maximum atomic E-state index is 12.7. The summed E-state index contributed by atoms with van der Waals surface area (Å²) >= 11 is 6.02. The summed E-state index contributed by atoms with van der Waals surface area (Å²) in [5, 5.41) is 4.19. The zero-order valence-electron chi connectivity index (χ0n) is 14.8. The van der Waals surface area contributed by atoms with E-state index >= 15 is 0 Å². The molecule has 0 spiro atoms. The van der Waals surface area contributed by atoms with Gasteiger partial charge in [0.1, 0.15) is 0 Å². The van der Waals surface area contributed by atoms with Crippen LogP contribution in [-0.4, -0.2) is 5.78 Å². The Morgan fingerprint density at radius 3 is 2.19 bits per heavy atom. The summed E-state index contributed by atoms with van der Waals surface area (Å²) in [6.45, 7) is 2.14. The molecule has 0 saturated heterocycles. The normalized spacial score (nSPS) is 11.8. The van der Waals surface area contributed by atoms with Crippen molar-refractivity contribution in [3.8, 4) is 0 Å². The van der Waals surface area contributed by atoms with E-state index in [-0.39, 0.29) is 11.8 Å². The average molecular weight is 364 g/mol. The molecule has 0 heterocycles. The van der Waals surface area contributed by atoms with Gasteiger partial charge in [0.2, 0.25) is 0 Å². The van der Waals surface area contributed by atoms with Crippen LogP contribution in [0.25, 0.3) is 0 Å². The van der Waals surface area contributed by atoms with Crippen LogP contribution in [0.15, 0.2) is 78.9 Å². The van der Waals surface area contributed by atoms with Crippen LogP contribution in [0.1, 0.15) is 40.9 Å². The maximum absolute atomic E-state index is 12.7. The van der Waals surface area contributed by atoms with Crippen LogP contribution in [0.4, 0.5) is 5.69 Å². The molecule has 3 heteroatoms. The summed E-state index contributed by atoms with van der Waals surface area (Å²) in [5.41, 5.74) is 4.06. The van der Waals surface area contributed by atoms with Crippen LogP contribution < -0.4 is 5.32 Å². The fourth-order valence-electron chi connectivity index (χ4n) is 2.91. The molecule has 0 radical (unpaired) electrons. The number of hydrogen-bond donors (Lipinski definition) is 1. The number of benzene rings is 3. The highest BCUT2D eigenvalue weighted by Gasteiger charge is 2.17. The SMILES string of the molecule is CCc1ccc(N[C@H](CC(=O)c2ccccc2)c2ccc(Cl)cc2)cc1. The highest BCUT2D eigenvalue weighted by molar-refractivity contribution is 6.30. The van der Waals surface area contributed by atoms with Crippen molar-refractivity contribution in [1.29, 1.82) is 0 Å². The fraction of sp³-hybridized carbons (Fsp3) is 0.174. The highest BCUT2D eigenvalue weighted by atomic mass is 35.5. The van der Waals surface area contributed by atoms with Crippen molar-refractivity contribution in [3.05, 3.63) is 101 Å². The molecule has 1 N–H and O–H groups in total. The molecule has 3 aromatic rings. The summed E-state index contributed by atoms with van der Waals surface area (Å²) in [7, 11) is 0. The van der Waals surface area contributed by atoms with Crippen LogP contribution >= 0.6 is 11.6 Å². The van der Waals surface area contributed by atoms with Crippen molar-refractivity contribution in [3.63, 3.8) is 0 Å². The zero-order valence-corrected chi connectivity index (χ0v) is 15.5. The van der Waals surface area contributed by atoms with Crippen molar-refractivity contribution in [2.45, 2.75) is 25.8 Å². The number of rotatable bonds is 7. The van der Waals surface area contributed by atoms with Gasteiger partial charge in [0.25, 0.3) is 0 Å². The predicted molar refractivity (Wildman–Crippen MR) is 109 cm³/mol. The fourth-order valence-corrected chi connectivity index (χ4v) is 3.04. The van der Waals surface area contributed by atoms with Gasteiger partial charge < -0.3 is 5.32 Å². The van der Waals surface area contributed by atoms with Gasteiger partial charge in [-0.05, 0) is 41.8 Å². The number of hydrogen-bond acceptors (Lipinski definition) is 2. The van der Waals surface area contributed by atoms with Gasteiger partial charge in [-0.3, -0.25) is 4.79 Å². The molecule has 132 valence electrons. The molecule has 0 aliphatic carbocycles. The van der Waals surface area contributed by atoms with E-state index in [4.69, 9.17) is 11.6 Å². The lowest BCUT2D eigenvalue weighted by Gasteiger charge is -2.20. The van der Waals surface area contributed by atoms with E-state index in [2.05, 4.69) is 36.5 Å². The molecule has 0 fully saturated rings. The number of aryl methyl sites for hydroxylation is 1. The zero-order chi connectivity index (χ0) is 18.4. The quantitative estimate of drug-likeness (QED) is 0.497. The van der Waals surface area contributed by atoms with E-state index in [9.17, 15) is 4.79 Å². The van der Waals surface area contributed by atoms with Crippen molar-refractivity contribution < 1.29 is 4.79 Å². The Bertz CT molecular complexity index is 842. The Morgan fingerprint density at radius 2 is 1.58 bits per heavy atom. The van der Waals surface area contributed by atoms with Crippen LogP contribution in [0.5, 0.6) is 0 Å². The minimum absolute atomic E-state index is 0.114. The first-order valence-electron chi connectivity index (χ1n) is 8.85. The largest absolute Gasteiger partial charge is 0.378 e. The molecule has 3 aromatic carbocycles. The first kappa shape index (κ1) is 18.2. The Hall–Kier alpha value is -2.58. The first-order valence-corrected chi connectivity index (χ1v) is 9.22. The lowest BCUT2D eigenvalue weighted by atomic mass is 9.97. The van der Waals surface area contributed by atoms with Crippen LogP contribution in [0.2, 0.25) is 5.02 Å². The second-order valence-corrected chi connectivity index (χ2v) is 6.73. The average Bonchev–Trinajstić information content (AvgIpc) is 2.69. The van der Waals surface area contributed by atoms with E-state index in [1.807, 2.05) is 54.6 Å². The van der Waals surface area contributed by atoms with Crippen molar-refractivity contribution in [2.75, 3.05) is 5.32 Å². The topological polar surface area (TPSA) is 29.1 Å². The third-order valence-electron chi connectivity index (χ3n) is 4.46. The van der Waals surface area contributed by atoms with E-state index in [1.54, 1.807) is 0 Å². The minimum Gasteiger partial charge on any atom is -0.378 e. The third kappa shape index (κ3) is 4.74. The molecule has 0 aliphatic heterocycles. The monoisotopic (exact) mass is 363 g/mol. The molecule has 2 nitrogen and oxygen atoms in total. The summed E-state index contributed by atoms with van der Waals surface area (Å²) < 4.78 is 0. The smallest absolute Gasteiger partial charge is 0.165 e. The van der Waals surface area contributed by atoms with Gasteiger partial charge in [-0.15, -0.1) is 0 Å². The predicted octanol–water partition coefficient (Wildman–Crippen LogP) is 6.33. The summed E-state index contributed by atoms with van der Waals surface area (Å²) in [4.78, 5) is 12.7. The minimum atomic E-state index is -0.118. The van der Waals surface area contributed by atoms with Gasteiger partial charge >= 0.3 is 0 Å². The van der Waals surface area contributed by atoms with E-state index in [0.29, 0.717) is 11.4 Å². The Labute approximate surface area is 159 Å². The van der Waals surface area contributed by atoms with Gasteiger partial charge in [0.15, 0.2) is 5.78 Å². The van der Waals surface area contributed by atoms with Gasteiger partial charge in [0, 0.05) is 22.7 Å². The number of ketones is 1. The first-order chi connectivity index (χ1) is 12.7. The van der Waals surface area contributed by atoms with Crippen LogP contribution in [0, 0.1) is 0 Å². The molecule has 3 rings (SSSR count). The summed E-state index contributed by atoms with van der Waals surface area (Å²) in [6.07, 6.45) is 1.38. The lowest BCUT2D eigenvalue weighted by molar-refractivity contribution is 0.0976. The molecule has 26 heavy (non-hydrogen) atoms. The molecule has 0 aromatic heterocycles. The Morgan fingerprint density at radius 1 is 0.923 bits per heavy atom. The highest BCUT2D eigenvalue weighted by Crippen LogP contribution is 2.26. The Balaban J connectivity index is 1.83. The molecular weight excluding hydrogens is 342 g/mol. The number of carbonyl (C=O) groups excluding carboxylic acids is 1. The van der Waals surface area contributed by atoms with E-state index < -0.39 is 0 Å². The van der Waals surface area contributed by atoms with Gasteiger partial charge in [0.05, 0.1) is 6.04 Å². The summed E-state index contributed by atoms with van der Waals surface area (Å²) in [6, 6.07) is 25.3. The molecular formula is C23H22ClNO. The van der Waals surface area contributed by atoms with Crippen molar-refractivity contribution >= 4 is 23.1 Å². The van der Waals surface area contributed by atoms with Gasteiger partial charge in [-0.25, -0.2) is 0 Å². The summed E-state index contributed by atoms with van der Waals surface area (Å²) in [5.74, 6) is 0.114. The van der Waals surface area contributed by atoms with Gasteiger partial charge in [-0.1, -0.05) is 73.1 Å². The molecule has 0 saturated carbocycles. The standard InChI is InChI=1S/C23H22ClNO/c1-2-17-8-14-21(15-9-17)25-22(18-10-12-20(24)13-11-18)16-23(26)19-6-4-3-5-7-19/h3-15,22,25H,2,16H2,1H3/t22-/m1/s1. The van der Waals surface area contributed by atoms with Crippen LogP contribution in [-0.2, 0) is 6.42 Å². The molecule has 0 bridgehead atoms. The molecule has 0 unspecified atom stereocenters. The maximum Gasteiger partial charge on any atom is 0.165 e. The van der Waals surface area contributed by atoms with E-state index in [0.717, 1.165) is 23.2 Å². The number of Topliss-reactive ketones (excluding diaryl/α,β-unsaturated/α-hetero) is 1. The second kappa shape index (κ2) is 8.68.